The molecule has 2 rings (SSSR count). The zero-order valence-corrected chi connectivity index (χ0v) is 14.0. The van der Waals surface area contributed by atoms with Gasteiger partial charge in [0.15, 0.2) is 0 Å². The molecule has 5 nitrogen and oxygen atoms in total. The van der Waals surface area contributed by atoms with Crippen LogP contribution in [0.15, 0.2) is 24.3 Å². The zero-order valence-electron chi connectivity index (χ0n) is 14.0. The second-order valence-electron chi connectivity index (χ2n) is 6.58. The van der Waals surface area contributed by atoms with Crippen LogP contribution in [0.5, 0.6) is 5.75 Å². The molecule has 0 bridgehead atoms. The molecular weight excluding hydrogens is 283 g/mol. The molecule has 1 aromatic carbocycles. The molecule has 0 aliphatic carbocycles. The van der Waals surface area contributed by atoms with E-state index in [9.17, 15) is 5.11 Å². The van der Waals surface area contributed by atoms with Crippen LogP contribution in [0.1, 0.15) is 27.7 Å². The Morgan fingerprint density at radius 2 is 1.59 bits per heavy atom. The average Bonchev–Trinajstić information content (AvgIpc) is 2.66. The summed E-state index contributed by atoms with van der Waals surface area (Å²) in [5.74, 6) is 0.690. The van der Waals surface area contributed by atoms with Crippen molar-refractivity contribution >= 4 is 12.6 Å². The molecule has 122 valence electrons. The molecule has 0 spiro atoms. The average molecular weight is 308 g/mol. The van der Waals surface area contributed by atoms with Crippen LogP contribution in [0.2, 0.25) is 0 Å². The maximum Gasteiger partial charge on any atom is 0.494 e. The molecule has 1 N–H and O–H groups in total. The molecule has 0 saturated carbocycles. The first-order valence-corrected chi connectivity index (χ1v) is 7.50. The second kappa shape index (κ2) is 6.58. The van der Waals surface area contributed by atoms with E-state index >= 15 is 0 Å². The van der Waals surface area contributed by atoms with Crippen LogP contribution >= 0.6 is 0 Å². The number of rotatable bonds is 6. The lowest BCUT2D eigenvalue weighted by molar-refractivity contribution is 0.00578. The van der Waals surface area contributed by atoms with Crippen LogP contribution in [-0.2, 0) is 14.0 Å². The minimum atomic E-state index is -0.632. The van der Waals surface area contributed by atoms with Crippen molar-refractivity contribution in [3.63, 3.8) is 0 Å². The summed E-state index contributed by atoms with van der Waals surface area (Å²) >= 11 is 0. The first-order chi connectivity index (χ1) is 10.2. The molecule has 1 heterocycles. The lowest BCUT2D eigenvalue weighted by Gasteiger charge is -2.32. The largest absolute Gasteiger partial charge is 0.494 e. The number of aliphatic hydroxyl groups excluding tert-OH is 1. The van der Waals surface area contributed by atoms with E-state index in [1.54, 1.807) is 7.11 Å². The van der Waals surface area contributed by atoms with E-state index in [2.05, 4.69) is 0 Å². The SMILES string of the molecule is COC[C@@H](O)COc1ccc(B2OC(C)(C)C(C)(C)O2)cc1. The number of hydrogen-bond donors (Lipinski definition) is 1. The minimum absolute atomic E-state index is 0.198. The van der Waals surface area contributed by atoms with E-state index in [0.29, 0.717) is 5.75 Å². The Hall–Kier alpha value is -1.08. The Labute approximate surface area is 132 Å². The topological polar surface area (TPSA) is 57.2 Å². The number of benzene rings is 1. The van der Waals surface area contributed by atoms with Gasteiger partial charge in [0.05, 0.1) is 17.8 Å². The summed E-state index contributed by atoms with van der Waals surface area (Å²) in [7, 11) is 1.17. The van der Waals surface area contributed by atoms with Gasteiger partial charge >= 0.3 is 7.12 Å². The Kier molecular flexibility index (Phi) is 5.17. The Bertz CT molecular complexity index is 470. The molecule has 0 aromatic heterocycles. The zero-order chi connectivity index (χ0) is 16.4. The predicted octanol–water partition coefficient (Wildman–Crippen LogP) is 1.37. The summed E-state index contributed by atoms with van der Waals surface area (Å²) in [4.78, 5) is 0. The fourth-order valence-corrected chi connectivity index (χ4v) is 2.13. The summed E-state index contributed by atoms with van der Waals surface area (Å²) in [5.41, 5.74) is 0.247. The highest BCUT2D eigenvalue weighted by molar-refractivity contribution is 6.62. The Balaban J connectivity index is 1.95. The van der Waals surface area contributed by atoms with E-state index < -0.39 is 6.10 Å². The van der Waals surface area contributed by atoms with Crippen LogP contribution in [-0.4, -0.2) is 49.9 Å². The van der Waals surface area contributed by atoms with Gasteiger partial charge < -0.3 is 23.9 Å². The highest BCUT2D eigenvalue weighted by atomic mass is 16.7. The molecule has 0 amide bonds. The van der Waals surface area contributed by atoms with Gasteiger partial charge in [0, 0.05) is 7.11 Å². The quantitative estimate of drug-likeness (QED) is 0.805. The van der Waals surface area contributed by atoms with Crippen molar-refractivity contribution in [2.45, 2.75) is 45.0 Å². The van der Waals surface area contributed by atoms with Gasteiger partial charge in [-0.2, -0.15) is 0 Å². The molecule has 1 fully saturated rings. The van der Waals surface area contributed by atoms with Gasteiger partial charge in [-0.05, 0) is 45.3 Å². The standard InChI is InChI=1S/C16H25BO5/c1-15(2)16(3,4)22-17(21-15)12-6-8-14(9-7-12)20-11-13(18)10-19-5/h6-9,13,18H,10-11H2,1-5H3/t13-/m1/s1. The van der Waals surface area contributed by atoms with Crippen LogP contribution in [0, 0.1) is 0 Å². The number of aliphatic hydroxyl groups is 1. The summed E-state index contributed by atoms with van der Waals surface area (Å²) in [6.07, 6.45) is -0.632. The van der Waals surface area contributed by atoms with E-state index in [1.807, 2.05) is 52.0 Å². The van der Waals surface area contributed by atoms with Gasteiger partial charge in [-0.3, -0.25) is 0 Å². The first kappa shape index (κ1) is 17.3. The smallest absolute Gasteiger partial charge is 0.491 e. The van der Waals surface area contributed by atoms with Crippen molar-refractivity contribution in [2.24, 2.45) is 0 Å². The minimum Gasteiger partial charge on any atom is -0.491 e. The molecule has 1 saturated heterocycles. The van der Waals surface area contributed by atoms with Crippen LogP contribution < -0.4 is 10.2 Å². The molecule has 1 aliphatic heterocycles. The van der Waals surface area contributed by atoms with Crippen LogP contribution in [0.3, 0.4) is 0 Å². The van der Waals surface area contributed by atoms with Crippen LogP contribution in [0.4, 0.5) is 0 Å². The number of hydrogen-bond acceptors (Lipinski definition) is 5. The fraction of sp³-hybridized carbons (Fsp3) is 0.625. The highest BCUT2D eigenvalue weighted by Gasteiger charge is 2.51. The number of methoxy groups -OCH3 is 1. The van der Waals surface area contributed by atoms with E-state index in [4.69, 9.17) is 18.8 Å². The lowest BCUT2D eigenvalue weighted by atomic mass is 9.79. The van der Waals surface area contributed by atoms with Gasteiger partial charge in [-0.1, -0.05) is 12.1 Å². The van der Waals surface area contributed by atoms with Crippen molar-refractivity contribution in [3.8, 4) is 5.75 Å². The van der Waals surface area contributed by atoms with Crippen molar-refractivity contribution in [1.82, 2.24) is 0 Å². The van der Waals surface area contributed by atoms with Gasteiger partial charge in [-0.25, -0.2) is 0 Å². The fourth-order valence-electron chi connectivity index (χ4n) is 2.13. The molecule has 6 heteroatoms. The Morgan fingerprint density at radius 3 is 2.09 bits per heavy atom. The third-order valence-corrected chi connectivity index (χ3v) is 4.21. The van der Waals surface area contributed by atoms with E-state index in [-0.39, 0.29) is 31.5 Å². The summed E-state index contributed by atoms with van der Waals surface area (Å²) in [6.45, 7) is 8.57. The molecule has 1 aliphatic rings. The highest BCUT2D eigenvalue weighted by Crippen LogP contribution is 2.36. The van der Waals surface area contributed by atoms with Gasteiger partial charge in [0.1, 0.15) is 18.5 Å². The Morgan fingerprint density at radius 1 is 1.05 bits per heavy atom. The lowest BCUT2D eigenvalue weighted by Crippen LogP contribution is -2.41. The first-order valence-electron chi connectivity index (χ1n) is 7.50. The molecule has 1 atom stereocenters. The van der Waals surface area contributed by atoms with Gasteiger partial charge in [-0.15, -0.1) is 0 Å². The maximum atomic E-state index is 9.56. The van der Waals surface area contributed by atoms with E-state index in [1.165, 1.54) is 0 Å². The molecule has 1 aromatic rings. The molecule has 0 radical (unpaired) electrons. The van der Waals surface area contributed by atoms with E-state index in [0.717, 1.165) is 5.46 Å². The predicted molar refractivity (Wildman–Crippen MR) is 85.5 cm³/mol. The van der Waals surface area contributed by atoms with Crippen molar-refractivity contribution in [3.05, 3.63) is 24.3 Å². The van der Waals surface area contributed by atoms with Crippen molar-refractivity contribution < 1.29 is 23.9 Å². The molecular formula is C16H25BO5. The monoisotopic (exact) mass is 308 g/mol. The molecule has 0 unspecified atom stereocenters. The van der Waals surface area contributed by atoms with Crippen molar-refractivity contribution in [1.29, 1.82) is 0 Å². The second-order valence-corrected chi connectivity index (χ2v) is 6.58. The van der Waals surface area contributed by atoms with Gasteiger partial charge in [0.25, 0.3) is 0 Å². The maximum absolute atomic E-state index is 9.56. The van der Waals surface area contributed by atoms with Crippen LogP contribution in [0.25, 0.3) is 0 Å². The summed E-state index contributed by atoms with van der Waals surface area (Å²) < 4.78 is 22.4. The van der Waals surface area contributed by atoms with Gasteiger partial charge in [0.2, 0.25) is 0 Å². The normalized spacial score (nSPS) is 20.9. The summed E-state index contributed by atoms with van der Waals surface area (Å²) in [6, 6.07) is 7.53. The summed E-state index contributed by atoms with van der Waals surface area (Å²) in [5, 5.41) is 9.56. The van der Waals surface area contributed by atoms with Crippen molar-refractivity contribution in [2.75, 3.05) is 20.3 Å². The third-order valence-electron chi connectivity index (χ3n) is 4.21. The third kappa shape index (κ3) is 3.81. The molecule has 22 heavy (non-hydrogen) atoms. The number of ether oxygens (including phenoxy) is 2.